The molecular weight excluding hydrogens is 272 g/mol. The van der Waals surface area contributed by atoms with E-state index in [1.54, 1.807) is 12.1 Å². The normalized spacial score (nSPS) is 16.6. The molecule has 0 radical (unpaired) electrons. The maximum atomic E-state index is 11.7. The van der Waals surface area contributed by atoms with Gasteiger partial charge in [-0.1, -0.05) is 12.1 Å². The Hall–Kier alpha value is -1.95. The monoisotopic (exact) mass is 292 g/mol. The van der Waals surface area contributed by atoms with Gasteiger partial charge < -0.3 is 4.74 Å². The van der Waals surface area contributed by atoms with Crippen molar-refractivity contribution in [3.63, 3.8) is 0 Å². The van der Waals surface area contributed by atoms with Gasteiger partial charge in [0.05, 0.1) is 17.4 Å². The predicted octanol–water partition coefficient (Wildman–Crippen LogP) is 2.37. The summed E-state index contributed by atoms with van der Waals surface area (Å²) in [5, 5.41) is 10.8. The molecule has 6 nitrogen and oxygen atoms in total. The van der Waals surface area contributed by atoms with Crippen LogP contribution in [0.1, 0.15) is 25.3 Å². The number of benzene rings is 1. The Kier molecular flexibility index (Phi) is 5.27. The highest BCUT2D eigenvalue weighted by Crippen LogP contribution is 2.21. The molecule has 0 spiro atoms. The first-order chi connectivity index (χ1) is 10.1. The van der Waals surface area contributed by atoms with E-state index in [-0.39, 0.29) is 22.5 Å². The van der Waals surface area contributed by atoms with Crippen LogP contribution in [0.3, 0.4) is 0 Å². The Morgan fingerprint density at radius 1 is 1.43 bits per heavy atom. The lowest BCUT2D eigenvalue weighted by molar-refractivity contribution is -0.384. The Labute approximate surface area is 123 Å². The van der Waals surface area contributed by atoms with E-state index >= 15 is 0 Å². The Bertz CT molecular complexity index is 510. The van der Waals surface area contributed by atoms with Crippen LogP contribution in [0.5, 0.6) is 0 Å². The van der Waals surface area contributed by atoms with Gasteiger partial charge in [0.15, 0.2) is 0 Å². The molecule has 1 aliphatic heterocycles. The molecule has 0 bridgehead atoms. The quantitative estimate of drug-likeness (QED) is 0.473. The number of hydrogen-bond donors (Lipinski definition) is 0. The fraction of sp³-hybridized carbons (Fsp3) is 0.533. The summed E-state index contributed by atoms with van der Waals surface area (Å²) in [6, 6.07) is 6.71. The molecule has 0 saturated carbocycles. The zero-order chi connectivity index (χ0) is 15.2. The summed E-state index contributed by atoms with van der Waals surface area (Å²) < 4.78 is 5.04. The smallest absolute Gasteiger partial charge is 0.309 e. The van der Waals surface area contributed by atoms with Gasteiger partial charge in [-0.15, -0.1) is 0 Å². The molecule has 1 aromatic carbocycles. The SMILES string of the molecule is CCOC(=O)C1CCN(Cc2cccc([N+](=O)[O-])c2)CC1. The van der Waals surface area contributed by atoms with Gasteiger partial charge in [0.25, 0.3) is 5.69 Å². The summed E-state index contributed by atoms with van der Waals surface area (Å²) in [5.41, 5.74) is 1.05. The number of piperidine rings is 1. The number of nitro benzene ring substituents is 1. The summed E-state index contributed by atoms with van der Waals surface area (Å²) in [5.74, 6) is -0.112. The standard InChI is InChI=1S/C15H20N2O4/c1-2-21-15(18)13-6-8-16(9-7-13)11-12-4-3-5-14(10-12)17(19)20/h3-5,10,13H,2,6-9,11H2,1H3. The minimum Gasteiger partial charge on any atom is -0.466 e. The molecule has 0 aliphatic carbocycles. The van der Waals surface area contributed by atoms with Crippen LogP contribution in [0.25, 0.3) is 0 Å². The summed E-state index contributed by atoms with van der Waals surface area (Å²) >= 11 is 0. The highest BCUT2D eigenvalue weighted by atomic mass is 16.6. The summed E-state index contributed by atoms with van der Waals surface area (Å²) in [7, 11) is 0. The zero-order valence-corrected chi connectivity index (χ0v) is 12.2. The highest BCUT2D eigenvalue weighted by molar-refractivity contribution is 5.72. The van der Waals surface area contributed by atoms with Gasteiger partial charge in [0.1, 0.15) is 0 Å². The van der Waals surface area contributed by atoms with E-state index in [1.807, 2.05) is 13.0 Å². The first-order valence-electron chi connectivity index (χ1n) is 7.22. The second-order valence-corrected chi connectivity index (χ2v) is 5.23. The van der Waals surface area contributed by atoms with Crippen molar-refractivity contribution in [2.24, 2.45) is 5.92 Å². The first kappa shape index (κ1) is 15.4. The van der Waals surface area contributed by atoms with Crippen LogP contribution >= 0.6 is 0 Å². The van der Waals surface area contributed by atoms with Crippen LogP contribution in [-0.4, -0.2) is 35.5 Å². The van der Waals surface area contributed by atoms with Crippen molar-refractivity contribution in [2.75, 3.05) is 19.7 Å². The second kappa shape index (κ2) is 7.17. The molecule has 1 aliphatic rings. The molecule has 1 fully saturated rings. The van der Waals surface area contributed by atoms with Crippen molar-refractivity contribution >= 4 is 11.7 Å². The molecule has 21 heavy (non-hydrogen) atoms. The molecule has 1 aromatic rings. The number of non-ortho nitro benzene ring substituents is 1. The van der Waals surface area contributed by atoms with Crippen LogP contribution in [0, 0.1) is 16.0 Å². The predicted molar refractivity (Wildman–Crippen MR) is 77.7 cm³/mol. The number of carbonyl (C=O) groups excluding carboxylic acids is 1. The summed E-state index contributed by atoms with van der Waals surface area (Å²) in [6.07, 6.45) is 1.57. The van der Waals surface area contributed by atoms with Gasteiger partial charge in [0.2, 0.25) is 0 Å². The van der Waals surface area contributed by atoms with Crippen molar-refractivity contribution in [3.8, 4) is 0 Å². The number of nitro groups is 1. The zero-order valence-electron chi connectivity index (χ0n) is 12.2. The molecular formula is C15H20N2O4. The lowest BCUT2D eigenvalue weighted by atomic mass is 9.96. The van der Waals surface area contributed by atoms with Gasteiger partial charge in [-0.25, -0.2) is 0 Å². The minimum atomic E-state index is -0.378. The second-order valence-electron chi connectivity index (χ2n) is 5.23. The van der Waals surface area contributed by atoms with E-state index in [1.165, 1.54) is 6.07 Å². The van der Waals surface area contributed by atoms with Gasteiger partial charge in [-0.05, 0) is 38.4 Å². The van der Waals surface area contributed by atoms with E-state index in [4.69, 9.17) is 4.74 Å². The third-order valence-corrected chi connectivity index (χ3v) is 3.74. The molecule has 0 aromatic heterocycles. The average Bonchev–Trinajstić information content (AvgIpc) is 2.48. The molecule has 0 atom stereocenters. The van der Waals surface area contributed by atoms with Crippen LogP contribution < -0.4 is 0 Å². The van der Waals surface area contributed by atoms with Crippen LogP contribution in [0.2, 0.25) is 0 Å². The number of rotatable bonds is 5. The molecule has 0 N–H and O–H groups in total. The van der Waals surface area contributed by atoms with Crippen LogP contribution in [0.15, 0.2) is 24.3 Å². The van der Waals surface area contributed by atoms with E-state index in [2.05, 4.69) is 4.90 Å². The molecule has 0 unspecified atom stereocenters. The number of nitrogens with zero attached hydrogens (tertiary/aromatic N) is 2. The number of carbonyl (C=O) groups is 1. The maximum absolute atomic E-state index is 11.7. The number of likely N-dealkylation sites (tertiary alicyclic amines) is 1. The van der Waals surface area contributed by atoms with Crippen LogP contribution in [0.4, 0.5) is 5.69 Å². The van der Waals surface area contributed by atoms with E-state index in [9.17, 15) is 14.9 Å². The van der Waals surface area contributed by atoms with Crippen molar-refractivity contribution in [3.05, 3.63) is 39.9 Å². The number of hydrogen-bond acceptors (Lipinski definition) is 5. The van der Waals surface area contributed by atoms with Gasteiger partial charge in [0, 0.05) is 18.7 Å². The Morgan fingerprint density at radius 3 is 2.76 bits per heavy atom. The van der Waals surface area contributed by atoms with Gasteiger partial charge in [-0.3, -0.25) is 19.8 Å². The van der Waals surface area contributed by atoms with Gasteiger partial charge >= 0.3 is 5.97 Å². The molecule has 0 amide bonds. The molecule has 114 valence electrons. The molecule has 1 saturated heterocycles. The lowest BCUT2D eigenvalue weighted by Gasteiger charge is -2.30. The Morgan fingerprint density at radius 2 is 2.14 bits per heavy atom. The number of ether oxygens (including phenoxy) is 1. The fourth-order valence-corrected chi connectivity index (χ4v) is 2.61. The van der Waals surface area contributed by atoms with Crippen molar-refractivity contribution < 1.29 is 14.5 Å². The topological polar surface area (TPSA) is 72.7 Å². The van der Waals surface area contributed by atoms with Crippen molar-refractivity contribution in [1.29, 1.82) is 0 Å². The van der Waals surface area contributed by atoms with Gasteiger partial charge in [-0.2, -0.15) is 0 Å². The van der Waals surface area contributed by atoms with Crippen molar-refractivity contribution in [2.45, 2.75) is 26.3 Å². The largest absolute Gasteiger partial charge is 0.466 e. The highest BCUT2D eigenvalue weighted by Gasteiger charge is 2.25. The Balaban J connectivity index is 1.87. The number of esters is 1. The molecule has 6 heteroatoms. The van der Waals surface area contributed by atoms with Crippen LogP contribution in [-0.2, 0) is 16.1 Å². The lowest BCUT2D eigenvalue weighted by Crippen LogP contribution is -2.36. The van der Waals surface area contributed by atoms with E-state index < -0.39 is 0 Å². The first-order valence-corrected chi connectivity index (χ1v) is 7.22. The average molecular weight is 292 g/mol. The fourth-order valence-electron chi connectivity index (χ4n) is 2.61. The maximum Gasteiger partial charge on any atom is 0.309 e. The van der Waals surface area contributed by atoms with E-state index in [0.29, 0.717) is 13.2 Å². The van der Waals surface area contributed by atoms with Crippen molar-refractivity contribution in [1.82, 2.24) is 4.90 Å². The summed E-state index contributed by atoms with van der Waals surface area (Å²) in [4.78, 5) is 24.3. The van der Waals surface area contributed by atoms with E-state index in [0.717, 1.165) is 31.5 Å². The minimum absolute atomic E-state index is 0.00805. The third kappa shape index (κ3) is 4.26. The third-order valence-electron chi connectivity index (χ3n) is 3.74. The molecule has 1 heterocycles. The summed E-state index contributed by atoms with van der Waals surface area (Å²) in [6.45, 7) is 4.54. The molecule has 2 rings (SSSR count).